The molecule has 0 aromatic carbocycles. The largest absolute Gasteiger partial charge is 0.393 e. The molecule has 14 heavy (non-hydrogen) atoms. The Kier molecular flexibility index (Phi) is 6.20. The maximum Gasteiger partial charge on any atom is 0.337 e. The first-order valence-corrected chi connectivity index (χ1v) is 6.10. The molecule has 0 bridgehead atoms. The van der Waals surface area contributed by atoms with E-state index in [2.05, 4.69) is 9.05 Å². The van der Waals surface area contributed by atoms with Crippen LogP contribution in [0.1, 0.15) is 19.8 Å². The van der Waals surface area contributed by atoms with Crippen LogP contribution in [0, 0.1) is 0 Å². The molecule has 0 saturated heterocycles. The lowest BCUT2D eigenvalue weighted by Gasteiger charge is -2.13. The van der Waals surface area contributed by atoms with E-state index < -0.39 is 13.7 Å². The third-order valence-electron chi connectivity index (χ3n) is 1.86. The smallest absolute Gasteiger partial charge is 0.337 e. The van der Waals surface area contributed by atoms with Crippen molar-refractivity contribution in [3.05, 3.63) is 0 Å². The zero-order valence-electron chi connectivity index (χ0n) is 8.73. The molecule has 0 aromatic heterocycles. The molecule has 0 unspecified atom stereocenters. The summed E-state index contributed by atoms with van der Waals surface area (Å²) in [5.41, 5.74) is 0. The first kappa shape index (κ1) is 13.8. The highest BCUT2D eigenvalue weighted by Gasteiger charge is 2.26. The molecular formula is C8H17O5P. The minimum Gasteiger partial charge on any atom is -0.393 e. The fraction of sp³-hybridized carbons (Fsp3) is 0.875. The zero-order valence-corrected chi connectivity index (χ0v) is 9.62. The van der Waals surface area contributed by atoms with Crippen molar-refractivity contribution in [2.24, 2.45) is 0 Å². The van der Waals surface area contributed by atoms with Crippen molar-refractivity contribution in [3.8, 4) is 0 Å². The van der Waals surface area contributed by atoms with Gasteiger partial charge in [0.2, 0.25) is 0 Å². The topological polar surface area (TPSA) is 72.8 Å². The predicted molar refractivity (Wildman–Crippen MR) is 52.4 cm³/mol. The van der Waals surface area contributed by atoms with Gasteiger partial charge in [0.05, 0.1) is 6.10 Å². The van der Waals surface area contributed by atoms with Gasteiger partial charge >= 0.3 is 7.60 Å². The van der Waals surface area contributed by atoms with Crippen LogP contribution in [0.3, 0.4) is 0 Å². The molecule has 0 aliphatic carbocycles. The summed E-state index contributed by atoms with van der Waals surface area (Å²) in [5.74, 6) is -0.314. The maximum absolute atomic E-state index is 11.5. The summed E-state index contributed by atoms with van der Waals surface area (Å²) in [4.78, 5) is 11.3. The molecule has 1 atom stereocenters. The van der Waals surface area contributed by atoms with E-state index >= 15 is 0 Å². The van der Waals surface area contributed by atoms with Crippen LogP contribution in [0.2, 0.25) is 0 Å². The van der Waals surface area contributed by atoms with Gasteiger partial charge in [-0.05, 0) is 6.42 Å². The van der Waals surface area contributed by atoms with Gasteiger partial charge in [-0.25, -0.2) is 0 Å². The van der Waals surface area contributed by atoms with E-state index in [4.69, 9.17) is 0 Å². The highest BCUT2D eigenvalue weighted by Crippen LogP contribution is 2.46. The van der Waals surface area contributed by atoms with E-state index in [9.17, 15) is 14.5 Å². The van der Waals surface area contributed by atoms with Crippen LogP contribution in [-0.4, -0.2) is 37.4 Å². The van der Waals surface area contributed by atoms with Crippen molar-refractivity contribution >= 4 is 13.4 Å². The van der Waals surface area contributed by atoms with Crippen molar-refractivity contribution in [1.29, 1.82) is 0 Å². The van der Waals surface area contributed by atoms with E-state index in [1.807, 2.05) is 0 Å². The molecule has 6 heteroatoms. The van der Waals surface area contributed by atoms with Crippen molar-refractivity contribution in [2.45, 2.75) is 25.9 Å². The van der Waals surface area contributed by atoms with E-state index in [0.29, 0.717) is 6.42 Å². The lowest BCUT2D eigenvalue weighted by atomic mass is 10.1. The predicted octanol–water partition coefficient (Wildman–Crippen LogP) is 1.20. The summed E-state index contributed by atoms with van der Waals surface area (Å²) in [6, 6.07) is 0. The number of carbonyl (C=O) groups excluding carboxylic acids is 1. The van der Waals surface area contributed by atoms with Crippen molar-refractivity contribution < 1.29 is 23.5 Å². The fourth-order valence-corrected chi connectivity index (χ4v) is 1.86. The molecule has 1 N–H and O–H groups in total. The lowest BCUT2D eigenvalue weighted by molar-refractivity contribution is -0.118. The number of Topliss-reactive ketones (excluding diaryl/α,β-unsaturated/α-hetero) is 1. The first-order valence-electron chi connectivity index (χ1n) is 4.37. The summed E-state index contributed by atoms with van der Waals surface area (Å²) >= 11 is 0. The Hall–Kier alpha value is -0.220. The van der Waals surface area contributed by atoms with Gasteiger partial charge in [-0.15, -0.1) is 0 Å². The average molecular weight is 224 g/mol. The van der Waals surface area contributed by atoms with Gasteiger partial charge in [-0.3, -0.25) is 9.36 Å². The van der Waals surface area contributed by atoms with E-state index in [-0.39, 0.29) is 18.4 Å². The molecule has 0 amide bonds. The van der Waals surface area contributed by atoms with Crippen LogP contribution in [0.4, 0.5) is 0 Å². The number of aliphatic hydroxyl groups excluding tert-OH is 1. The van der Waals surface area contributed by atoms with Crippen molar-refractivity contribution in [1.82, 2.24) is 0 Å². The Morgan fingerprint density at radius 3 is 2.29 bits per heavy atom. The number of ketones is 1. The molecule has 0 rings (SSSR count). The van der Waals surface area contributed by atoms with Gasteiger partial charge in [0.25, 0.3) is 0 Å². The summed E-state index contributed by atoms with van der Waals surface area (Å²) in [5, 5.41) is 9.18. The second-order valence-electron chi connectivity index (χ2n) is 2.94. The number of hydrogen-bond donors (Lipinski definition) is 1. The normalized spacial score (nSPS) is 14.0. The van der Waals surface area contributed by atoms with Gasteiger partial charge in [0, 0.05) is 20.6 Å². The van der Waals surface area contributed by atoms with Gasteiger partial charge in [0.15, 0.2) is 0 Å². The number of hydrogen-bond acceptors (Lipinski definition) is 5. The Morgan fingerprint density at radius 2 is 1.93 bits per heavy atom. The molecule has 0 fully saturated rings. The lowest BCUT2D eigenvalue weighted by Crippen LogP contribution is -2.16. The molecule has 0 aliphatic heterocycles. The molecule has 0 spiro atoms. The van der Waals surface area contributed by atoms with Gasteiger partial charge in [-0.2, -0.15) is 0 Å². The van der Waals surface area contributed by atoms with Crippen LogP contribution in [0.5, 0.6) is 0 Å². The van der Waals surface area contributed by atoms with Gasteiger partial charge in [0.1, 0.15) is 11.9 Å². The third kappa shape index (κ3) is 4.86. The summed E-state index contributed by atoms with van der Waals surface area (Å²) in [6.07, 6.45) is -0.468. The molecule has 0 aliphatic rings. The Morgan fingerprint density at radius 1 is 1.43 bits per heavy atom. The highest BCUT2D eigenvalue weighted by molar-refractivity contribution is 7.54. The monoisotopic (exact) mass is 224 g/mol. The summed E-state index contributed by atoms with van der Waals surface area (Å²) in [6.45, 7) is 1.77. The second kappa shape index (κ2) is 6.30. The molecule has 84 valence electrons. The number of rotatable bonds is 7. The van der Waals surface area contributed by atoms with E-state index in [1.165, 1.54) is 14.2 Å². The van der Waals surface area contributed by atoms with Crippen LogP contribution in [-0.2, 0) is 18.4 Å². The summed E-state index contributed by atoms with van der Waals surface area (Å²) in [7, 11) is -0.805. The van der Waals surface area contributed by atoms with Crippen LogP contribution >= 0.6 is 7.60 Å². The highest BCUT2D eigenvalue weighted by atomic mass is 31.2. The molecule has 0 aromatic rings. The van der Waals surface area contributed by atoms with Crippen molar-refractivity contribution in [3.63, 3.8) is 0 Å². The Labute approximate surface area is 83.9 Å². The third-order valence-corrected chi connectivity index (χ3v) is 3.71. The molecule has 5 nitrogen and oxygen atoms in total. The standard InChI is InChI=1S/C8H17O5P/c1-4-7(9)5-8(10)6-14(11,12-2)13-3/h7,9H,4-6H2,1-3H3/t7-/m0/s1. The zero-order chi connectivity index (χ0) is 11.2. The number of aliphatic hydroxyl groups is 1. The minimum absolute atomic E-state index is 0.00674. The average Bonchev–Trinajstić information content (AvgIpc) is 2.17. The van der Waals surface area contributed by atoms with Crippen LogP contribution in [0.15, 0.2) is 0 Å². The van der Waals surface area contributed by atoms with Gasteiger partial charge in [-0.1, -0.05) is 6.92 Å². The van der Waals surface area contributed by atoms with Crippen LogP contribution in [0.25, 0.3) is 0 Å². The SMILES string of the molecule is CC[C@H](O)CC(=O)CP(=O)(OC)OC. The van der Waals surface area contributed by atoms with Gasteiger partial charge < -0.3 is 14.2 Å². The molecule has 0 heterocycles. The Bertz CT molecular complexity index is 220. The van der Waals surface area contributed by atoms with Crippen molar-refractivity contribution in [2.75, 3.05) is 20.4 Å². The molecule has 0 radical (unpaired) electrons. The van der Waals surface area contributed by atoms with Crippen LogP contribution < -0.4 is 0 Å². The minimum atomic E-state index is -3.26. The maximum atomic E-state index is 11.5. The van der Waals surface area contributed by atoms with E-state index in [1.54, 1.807) is 6.92 Å². The van der Waals surface area contributed by atoms with E-state index in [0.717, 1.165) is 0 Å². The Balaban J connectivity index is 4.11. The quantitative estimate of drug-likeness (QED) is 0.658. The summed E-state index contributed by atoms with van der Waals surface area (Å²) < 4.78 is 20.7. The second-order valence-corrected chi connectivity index (χ2v) is 5.21. The molecular weight excluding hydrogens is 207 g/mol. The number of carbonyl (C=O) groups is 1. The fourth-order valence-electron chi connectivity index (χ4n) is 0.891. The molecule has 0 saturated carbocycles. The first-order chi connectivity index (χ1) is 6.47.